The summed E-state index contributed by atoms with van der Waals surface area (Å²) in [4.78, 5) is 25.7. The number of hydrogen-bond donors (Lipinski definition) is 2. The van der Waals surface area contributed by atoms with Gasteiger partial charge in [-0.15, -0.1) is 11.3 Å². The number of hydrogen-bond acceptors (Lipinski definition) is 5. The molecular formula is C24H25N3O4S2. The Bertz CT molecular complexity index is 1270. The summed E-state index contributed by atoms with van der Waals surface area (Å²) in [5, 5.41) is 3.10. The van der Waals surface area contributed by atoms with Crippen molar-refractivity contribution in [2.75, 3.05) is 11.9 Å². The summed E-state index contributed by atoms with van der Waals surface area (Å²) in [6.45, 7) is 2.42. The summed E-state index contributed by atoms with van der Waals surface area (Å²) < 4.78 is 27.5. The molecule has 7 nitrogen and oxygen atoms in total. The number of piperidine rings is 1. The minimum absolute atomic E-state index is 0.0448. The first kappa shape index (κ1) is 23.2. The van der Waals surface area contributed by atoms with Crippen LogP contribution in [0.15, 0.2) is 65.6 Å². The monoisotopic (exact) mass is 483 g/mol. The number of carbonyl (C=O) groups is 2. The Hall–Kier alpha value is -3.01. The third-order valence-corrected chi connectivity index (χ3v) is 8.88. The predicted molar refractivity (Wildman–Crippen MR) is 130 cm³/mol. The summed E-state index contributed by atoms with van der Waals surface area (Å²) >= 11 is 1.26. The van der Waals surface area contributed by atoms with Crippen LogP contribution in [-0.2, 0) is 10.0 Å². The van der Waals surface area contributed by atoms with Crippen molar-refractivity contribution in [3.05, 3.63) is 71.8 Å². The highest BCUT2D eigenvalue weighted by atomic mass is 32.2. The first-order chi connectivity index (χ1) is 15.8. The Labute approximate surface area is 197 Å². The summed E-state index contributed by atoms with van der Waals surface area (Å²) in [5.74, 6) is -1.09. The zero-order valence-electron chi connectivity index (χ0n) is 18.2. The largest absolute Gasteiger partial charge is 0.366 e. The van der Waals surface area contributed by atoms with Gasteiger partial charge in [-0.1, -0.05) is 36.8 Å². The Morgan fingerprint density at radius 2 is 1.76 bits per heavy atom. The summed E-state index contributed by atoms with van der Waals surface area (Å²) in [7, 11) is -3.62. The van der Waals surface area contributed by atoms with E-state index in [4.69, 9.17) is 5.73 Å². The highest BCUT2D eigenvalue weighted by Crippen LogP contribution is 2.35. The highest BCUT2D eigenvalue weighted by molar-refractivity contribution is 7.89. The van der Waals surface area contributed by atoms with Gasteiger partial charge in [0, 0.05) is 23.0 Å². The maximum Gasteiger partial charge on any atom is 0.256 e. The molecular weight excluding hydrogens is 458 g/mol. The number of rotatable bonds is 6. The van der Waals surface area contributed by atoms with Gasteiger partial charge in [-0.05, 0) is 55.7 Å². The molecule has 0 radical (unpaired) electrons. The van der Waals surface area contributed by atoms with Crippen LogP contribution in [0.5, 0.6) is 0 Å². The molecule has 9 heteroatoms. The smallest absolute Gasteiger partial charge is 0.256 e. The van der Waals surface area contributed by atoms with Crippen molar-refractivity contribution in [1.82, 2.24) is 4.31 Å². The maximum atomic E-state index is 13.0. The van der Waals surface area contributed by atoms with Gasteiger partial charge in [0.1, 0.15) is 5.00 Å². The SMILES string of the molecule is CC1CCCCN1S(=O)(=O)c1ccc(C(=O)Nc2sc(-c3ccccc3)cc2C(N)=O)cc1. The standard InChI is InChI=1S/C24H25N3O4S2/c1-16-7-5-6-14-27(16)33(30,31)19-12-10-18(11-13-19)23(29)26-24-20(22(25)28)15-21(32-24)17-8-3-2-4-9-17/h2-4,8-13,15-16H,5-7,14H2,1H3,(H2,25,28)(H,26,29). The first-order valence-corrected chi connectivity index (χ1v) is 13.0. The van der Waals surface area contributed by atoms with E-state index in [1.165, 1.54) is 39.9 Å². The van der Waals surface area contributed by atoms with Gasteiger partial charge in [-0.3, -0.25) is 9.59 Å². The van der Waals surface area contributed by atoms with Crippen LogP contribution in [0.1, 0.15) is 46.9 Å². The molecule has 2 amide bonds. The normalized spacial score (nSPS) is 16.9. The second-order valence-corrected chi connectivity index (χ2v) is 11.0. The van der Waals surface area contributed by atoms with Gasteiger partial charge < -0.3 is 11.1 Å². The van der Waals surface area contributed by atoms with E-state index >= 15 is 0 Å². The Morgan fingerprint density at radius 1 is 1.06 bits per heavy atom. The lowest BCUT2D eigenvalue weighted by Gasteiger charge is -2.32. The quantitative estimate of drug-likeness (QED) is 0.544. The molecule has 1 aliphatic heterocycles. The van der Waals surface area contributed by atoms with Gasteiger partial charge >= 0.3 is 0 Å². The number of thiophene rings is 1. The lowest BCUT2D eigenvalue weighted by atomic mass is 10.1. The fraction of sp³-hybridized carbons (Fsp3) is 0.250. The highest BCUT2D eigenvalue weighted by Gasteiger charge is 2.31. The molecule has 3 aromatic rings. The molecule has 1 saturated heterocycles. The van der Waals surface area contributed by atoms with Crippen molar-refractivity contribution in [3.8, 4) is 10.4 Å². The average Bonchev–Trinajstić information content (AvgIpc) is 3.24. The molecule has 1 aromatic heterocycles. The van der Waals surface area contributed by atoms with Crippen LogP contribution in [0.2, 0.25) is 0 Å². The molecule has 1 aliphatic rings. The minimum Gasteiger partial charge on any atom is -0.366 e. The van der Waals surface area contributed by atoms with Gasteiger partial charge in [0.2, 0.25) is 10.0 Å². The van der Waals surface area contributed by atoms with Crippen molar-refractivity contribution in [3.63, 3.8) is 0 Å². The molecule has 0 bridgehead atoms. The number of primary amides is 1. The maximum absolute atomic E-state index is 13.0. The second kappa shape index (κ2) is 9.46. The summed E-state index contributed by atoms with van der Waals surface area (Å²) in [6, 6.07) is 17.0. The minimum atomic E-state index is -3.62. The van der Waals surface area contributed by atoms with E-state index in [0.29, 0.717) is 11.5 Å². The number of benzene rings is 2. The lowest BCUT2D eigenvalue weighted by Crippen LogP contribution is -2.41. The van der Waals surface area contributed by atoms with Crippen LogP contribution in [-0.4, -0.2) is 37.1 Å². The molecule has 0 spiro atoms. The topological polar surface area (TPSA) is 110 Å². The number of carbonyl (C=O) groups excluding carboxylic acids is 2. The fourth-order valence-electron chi connectivity index (χ4n) is 3.93. The first-order valence-electron chi connectivity index (χ1n) is 10.7. The van der Waals surface area contributed by atoms with Crippen LogP contribution in [0.25, 0.3) is 10.4 Å². The van der Waals surface area contributed by atoms with E-state index in [1.54, 1.807) is 6.07 Å². The number of nitrogens with two attached hydrogens (primary N) is 1. The Balaban J connectivity index is 1.55. The van der Waals surface area contributed by atoms with Crippen LogP contribution in [0.4, 0.5) is 5.00 Å². The molecule has 33 heavy (non-hydrogen) atoms. The molecule has 1 atom stereocenters. The van der Waals surface area contributed by atoms with E-state index in [9.17, 15) is 18.0 Å². The van der Waals surface area contributed by atoms with E-state index in [1.807, 2.05) is 37.3 Å². The van der Waals surface area contributed by atoms with E-state index < -0.39 is 21.8 Å². The Morgan fingerprint density at radius 3 is 2.39 bits per heavy atom. The number of sulfonamides is 1. The van der Waals surface area contributed by atoms with Gasteiger partial charge in [0.25, 0.3) is 11.8 Å². The number of nitrogens with zero attached hydrogens (tertiary/aromatic N) is 1. The van der Waals surface area contributed by atoms with Crippen LogP contribution in [0, 0.1) is 0 Å². The molecule has 1 unspecified atom stereocenters. The van der Waals surface area contributed by atoms with E-state index in [2.05, 4.69) is 5.32 Å². The lowest BCUT2D eigenvalue weighted by molar-refractivity contribution is 0.100. The molecule has 172 valence electrons. The number of nitrogens with one attached hydrogen (secondary N) is 1. The van der Waals surface area contributed by atoms with Gasteiger partial charge in [-0.25, -0.2) is 8.42 Å². The zero-order valence-corrected chi connectivity index (χ0v) is 19.8. The van der Waals surface area contributed by atoms with Crippen molar-refractivity contribution in [2.24, 2.45) is 5.73 Å². The van der Waals surface area contributed by atoms with Crippen molar-refractivity contribution in [2.45, 2.75) is 37.1 Å². The molecule has 1 fully saturated rings. The molecule has 3 N–H and O–H groups in total. The van der Waals surface area contributed by atoms with Crippen LogP contribution >= 0.6 is 11.3 Å². The molecule has 0 saturated carbocycles. The van der Waals surface area contributed by atoms with Crippen LogP contribution in [0.3, 0.4) is 0 Å². The second-order valence-electron chi connectivity index (χ2n) is 8.02. The van der Waals surface area contributed by atoms with E-state index in [-0.39, 0.29) is 22.1 Å². The van der Waals surface area contributed by atoms with Gasteiger partial charge in [0.15, 0.2) is 0 Å². The molecule has 2 heterocycles. The summed E-state index contributed by atoms with van der Waals surface area (Å²) in [5.41, 5.74) is 6.93. The van der Waals surface area contributed by atoms with Crippen molar-refractivity contribution < 1.29 is 18.0 Å². The average molecular weight is 484 g/mol. The van der Waals surface area contributed by atoms with Crippen molar-refractivity contribution in [1.29, 1.82) is 0 Å². The van der Waals surface area contributed by atoms with Crippen LogP contribution < -0.4 is 11.1 Å². The van der Waals surface area contributed by atoms with Crippen molar-refractivity contribution >= 4 is 38.2 Å². The number of anilines is 1. The van der Waals surface area contributed by atoms with Gasteiger partial charge in [0.05, 0.1) is 10.5 Å². The molecule has 0 aliphatic carbocycles. The number of amides is 2. The zero-order chi connectivity index (χ0) is 23.6. The molecule has 2 aromatic carbocycles. The third kappa shape index (κ3) is 4.85. The predicted octanol–water partition coefficient (Wildman–Crippen LogP) is 4.33. The van der Waals surface area contributed by atoms with E-state index in [0.717, 1.165) is 29.7 Å². The third-order valence-electron chi connectivity index (χ3n) is 5.75. The van der Waals surface area contributed by atoms with Gasteiger partial charge in [-0.2, -0.15) is 4.31 Å². The fourth-order valence-corrected chi connectivity index (χ4v) is 6.69. The summed E-state index contributed by atoms with van der Waals surface area (Å²) in [6.07, 6.45) is 2.71. The Kier molecular flexibility index (Phi) is 6.64. The molecule has 4 rings (SSSR count).